The molecule has 4 aromatic rings. The first-order valence-corrected chi connectivity index (χ1v) is 8.38. The molecule has 0 amide bonds. The lowest BCUT2D eigenvalue weighted by atomic mass is 10.1. The molecule has 0 aliphatic heterocycles. The lowest BCUT2D eigenvalue weighted by molar-refractivity contribution is 0.690. The minimum absolute atomic E-state index is 0. The third-order valence-electron chi connectivity index (χ3n) is 4.05. The van der Waals surface area contributed by atoms with E-state index in [0.29, 0.717) is 0 Å². The van der Waals surface area contributed by atoms with Gasteiger partial charge in [0.2, 0.25) is 0 Å². The van der Waals surface area contributed by atoms with Crippen molar-refractivity contribution in [3.05, 3.63) is 78.6 Å². The summed E-state index contributed by atoms with van der Waals surface area (Å²) in [7, 11) is 1.94. The maximum Gasteiger partial charge on any atom is 0.153 e. The topological polar surface area (TPSA) is 73.5 Å². The van der Waals surface area contributed by atoms with Gasteiger partial charge in [0.1, 0.15) is 0 Å². The fourth-order valence-electron chi connectivity index (χ4n) is 2.86. The normalized spacial score (nSPS) is 10.6. The quantitative estimate of drug-likeness (QED) is 0.556. The van der Waals surface area contributed by atoms with Gasteiger partial charge in [-0.1, -0.05) is 0 Å². The molecule has 4 heterocycles. The van der Waals surface area contributed by atoms with Crippen molar-refractivity contribution in [3.63, 3.8) is 0 Å². The van der Waals surface area contributed by atoms with E-state index in [2.05, 4.69) is 25.5 Å². The fourth-order valence-corrected chi connectivity index (χ4v) is 2.86. The molecule has 27 heavy (non-hydrogen) atoms. The molecule has 0 saturated carbocycles. The van der Waals surface area contributed by atoms with E-state index < -0.39 is 0 Å². The first-order valence-electron chi connectivity index (χ1n) is 8.38. The van der Waals surface area contributed by atoms with Crippen molar-refractivity contribution in [2.24, 2.45) is 7.05 Å². The van der Waals surface area contributed by atoms with Crippen molar-refractivity contribution < 1.29 is 0 Å². The molecule has 0 aliphatic rings. The number of aryl methyl sites for hydroxylation is 1. The Morgan fingerprint density at radius 3 is 2.67 bits per heavy atom. The van der Waals surface area contributed by atoms with Gasteiger partial charge in [-0.3, -0.25) is 9.67 Å². The average Bonchev–Trinajstić information content (AvgIpc) is 3.33. The summed E-state index contributed by atoms with van der Waals surface area (Å²) in [5, 5.41) is 12.3. The molecular formula is C19H20ClN7. The van der Waals surface area contributed by atoms with Crippen LogP contribution in [0.4, 0.5) is 0 Å². The van der Waals surface area contributed by atoms with Gasteiger partial charge in [-0.05, 0) is 35.9 Å². The molecule has 138 valence electrons. The largest absolute Gasteiger partial charge is 0.308 e. The summed E-state index contributed by atoms with van der Waals surface area (Å²) in [6.07, 6.45) is 11.1. The summed E-state index contributed by atoms with van der Waals surface area (Å²) in [6.45, 7) is 1.46. The van der Waals surface area contributed by atoms with E-state index in [1.165, 1.54) is 0 Å². The molecule has 0 saturated heterocycles. The van der Waals surface area contributed by atoms with Gasteiger partial charge in [0.25, 0.3) is 0 Å². The number of nitrogens with zero attached hydrogens (tertiary/aromatic N) is 6. The number of hydrogen-bond acceptors (Lipinski definition) is 5. The van der Waals surface area contributed by atoms with Crippen molar-refractivity contribution in [1.82, 2.24) is 34.8 Å². The van der Waals surface area contributed by atoms with Crippen LogP contribution in [0.15, 0.2) is 67.5 Å². The molecule has 4 aromatic heterocycles. The van der Waals surface area contributed by atoms with Gasteiger partial charge < -0.3 is 5.32 Å². The Morgan fingerprint density at radius 2 is 1.89 bits per heavy atom. The Bertz CT molecular complexity index is 980. The molecule has 7 nitrogen and oxygen atoms in total. The molecule has 0 bridgehead atoms. The fraction of sp³-hybridized carbons (Fsp3) is 0.158. The van der Waals surface area contributed by atoms with Gasteiger partial charge in [0.15, 0.2) is 5.82 Å². The number of aromatic nitrogens is 6. The average molecular weight is 382 g/mol. The molecule has 1 N–H and O–H groups in total. The van der Waals surface area contributed by atoms with Crippen molar-refractivity contribution in [1.29, 1.82) is 0 Å². The van der Waals surface area contributed by atoms with Gasteiger partial charge in [-0.25, -0.2) is 9.67 Å². The first-order chi connectivity index (χ1) is 12.8. The van der Waals surface area contributed by atoms with Crippen LogP contribution in [0.3, 0.4) is 0 Å². The highest BCUT2D eigenvalue weighted by molar-refractivity contribution is 5.85. The summed E-state index contributed by atoms with van der Waals surface area (Å²) < 4.78 is 3.60. The first kappa shape index (κ1) is 18.8. The zero-order valence-corrected chi connectivity index (χ0v) is 15.7. The number of nitrogens with one attached hydrogen (secondary N) is 1. The second-order valence-corrected chi connectivity index (χ2v) is 5.99. The van der Waals surface area contributed by atoms with E-state index in [-0.39, 0.29) is 12.4 Å². The SMILES string of the molecule is Cl.Cn1cc(CNCc2ccnc(-n3cccn3)c2)c(-c2ccncc2)n1. The van der Waals surface area contributed by atoms with Crippen LogP contribution in [0.1, 0.15) is 11.1 Å². The standard InChI is InChI=1S/C19H19N7.ClH/c1-25-14-17(19(24-25)16-4-7-20-8-5-16)13-21-12-15-3-9-22-18(11-15)26-10-2-6-23-26;/h2-11,14,21H,12-13H2,1H3;1H. The Morgan fingerprint density at radius 1 is 1.04 bits per heavy atom. The molecule has 0 spiro atoms. The van der Waals surface area contributed by atoms with Crippen LogP contribution in [-0.4, -0.2) is 29.5 Å². The minimum Gasteiger partial charge on any atom is -0.308 e. The van der Waals surface area contributed by atoms with Crippen molar-refractivity contribution in [2.75, 3.05) is 0 Å². The van der Waals surface area contributed by atoms with Crippen LogP contribution in [0.25, 0.3) is 17.1 Å². The zero-order valence-electron chi connectivity index (χ0n) is 14.9. The molecule has 8 heteroatoms. The van der Waals surface area contributed by atoms with Crippen LogP contribution in [0, 0.1) is 0 Å². The maximum atomic E-state index is 4.58. The summed E-state index contributed by atoms with van der Waals surface area (Å²) in [5.41, 5.74) is 4.36. The Hall–Kier alpha value is -3.03. The summed E-state index contributed by atoms with van der Waals surface area (Å²) in [5.74, 6) is 0.813. The van der Waals surface area contributed by atoms with Gasteiger partial charge in [0.05, 0.1) is 5.69 Å². The molecule has 0 atom stereocenters. The maximum absolute atomic E-state index is 4.58. The lowest BCUT2D eigenvalue weighted by Gasteiger charge is -2.07. The smallest absolute Gasteiger partial charge is 0.153 e. The number of halogens is 1. The van der Waals surface area contributed by atoms with E-state index in [1.54, 1.807) is 29.5 Å². The Labute approximate surface area is 163 Å². The summed E-state index contributed by atoms with van der Waals surface area (Å²) >= 11 is 0. The van der Waals surface area contributed by atoms with Crippen molar-refractivity contribution in [2.45, 2.75) is 13.1 Å². The van der Waals surface area contributed by atoms with Crippen LogP contribution in [0.2, 0.25) is 0 Å². The van der Waals surface area contributed by atoms with E-state index in [4.69, 9.17) is 0 Å². The minimum atomic E-state index is 0. The third-order valence-corrected chi connectivity index (χ3v) is 4.05. The zero-order chi connectivity index (χ0) is 17.8. The van der Waals surface area contributed by atoms with E-state index in [1.807, 2.05) is 54.5 Å². The van der Waals surface area contributed by atoms with Gasteiger partial charge in [0, 0.05) is 68.4 Å². The van der Waals surface area contributed by atoms with Gasteiger partial charge in [-0.15, -0.1) is 12.4 Å². The van der Waals surface area contributed by atoms with Gasteiger partial charge in [-0.2, -0.15) is 10.2 Å². The monoisotopic (exact) mass is 381 g/mol. The summed E-state index contributed by atoms with van der Waals surface area (Å²) in [4.78, 5) is 8.43. The number of rotatable bonds is 6. The van der Waals surface area contributed by atoms with Crippen LogP contribution < -0.4 is 5.32 Å². The lowest BCUT2D eigenvalue weighted by Crippen LogP contribution is -2.13. The molecule has 0 fully saturated rings. The number of hydrogen-bond donors (Lipinski definition) is 1. The highest BCUT2D eigenvalue weighted by Crippen LogP contribution is 2.21. The van der Waals surface area contributed by atoms with E-state index >= 15 is 0 Å². The second-order valence-electron chi connectivity index (χ2n) is 5.99. The molecule has 0 radical (unpaired) electrons. The van der Waals surface area contributed by atoms with Crippen LogP contribution in [0.5, 0.6) is 0 Å². The third kappa shape index (κ3) is 4.39. The predicted molar refractivity (Wildman–Crippen MR) is 106 cm³/mol. The van der Waals surface area contributed by atoms with E-state index in [0.717, 1.165) is 41.3 Å². The van der Waals surface area contributed by atoms with Gasteiger partial charge >= 0.3 is 0 Å². The van der Waals surface area contributed by atoms with Crippen LogP contribution >= 0.6 is 12.4 Å². The molecular weight excluding hydrogens is 362 g/mol. The van der Waals surface area contributed by atoms with Crippen LogP contribution in [-0.2, 0) is 20.1 Å². The molecule has 4 rings (SSSR count). The molecule has 0 unspecified atom stereocenters. The van der Waals surface area contributed by atoms with Crippen molar-refractivity contribution in [3.8, 4) is 17.1 Å². The highest BCUT2D eigenvalue weighted by atomic mass is 35.5. The highest BCUT2D eigenvalue weighted by Gasteiger charge is 2.10. The van der Waals surface area contributed by atoms with Crippen molar-refractivity contribution >= 4 is 12.4 Å². The Balaban J connectivity index is 0.00000210. The van der Waals surface area contributed by atoms with E-state index in [9.17, 15) is 0 Å². The summed E-state index contributed by atoms with van der Waals surface area (Å²) in [6, 6.07) is 9.88. The predicted octanol–water partition coefficient (Wildman–Crippen LogP) is 2.77. The number of pyridine rings is 2. The molecule has 0 aliphatic carbocycles. The molecule has 0 aromatic carbocycles. The second kappa shape index (κ2) is 8.57. The Kier molecular flexibility index (Phi) is 5.95.